The van der Waals surface area contributed by atoms with Crippen LogP contribution in [0.4, 0.5) is 0 Å². The number of hydrogen-bond donors (Lipinski definition) is 0. The van der Waals surface area contributed by atoms with Crippen molar-refractivity contribution in [3.63, 3.8) is 0 Å². The Morgan fingerprint density at radius 2 is 0.281 bits per heavy atom. The summed E-state index contributed by atoms with van der Waals surface area (Å²) in [6.45, 7) is 9.13. The molecular formula is C60H124S3Sn. The minimum absolute atomic E-state index is 0.957. The summed E-state index contributed by atoms with van der Waals surface area (Å²) in [5.74, 6) is 2.87. The van der Waals surface area contributed by atoms with Crippen LogP contribution in [0.3, 0.4) is 0 Å². The molecule has 0 saturated heterocycles. The zero-order chi connectivity index (χ0) is 47.6. The van der Waals surface area contributed by atoms with Crippen LogP contribution in [0.15, 0.2) is 0 Å². The van der Waals surface area contributed by atoms with Gasteiger partial charge < -0.3 is 37.9 Å². The Kier molecular flexibility index (Phi) is 89.4. The van der Waals surface area contributed by atoms with Crippen LogP contribution < -0.4 is 0 Å². The molecule has 0 radical (unpaired) electrons. The van der Waals surface area contributed by atoms with Gasteiger partial charge in [-0.2, -0.15) is 17.3 Å². The van der Waals surface area contributed by atoms with Gasteiger partial charge in [0.25, 0.3) is 0 Å². The topological polar surface area (TPSA) is 0 Å². The first kappa shape index (κ1) is 72.4. The monoisotopic (exact) mass is 1060 g/mol. The standard InChI is InChI=1S/3C18H38S.C6H13.Sn/c3*1-2-3-4-5-6-7-8-9-10-11-12-13-14-15-16-17-18-19;1-3-5-6-4-2;/h3*19H,2-18H2,1H3;1,3-6H2,2H3;/q;;;;+3/p-3. The Bertz CT molecular complexity index is 542. The third-order valence-electron chi connectivity index (χ3n) is 13.0. The Morgan fingerprint density at radius 1 is 0.172 bits per heavy atom. The molecule has 0 aliphatic carbocycles. The van der Waals surface area contributed by atoms with E-state index in [1.165, 1.54) is 338 Å². The predicted molar refractivity (Wildman–Crippen MR) is 310 cm³/mol. The van der Waals surface area contributed by atoms with E-state index in [4.69, 9.17) is 37.9 Å². The molecule has 0 aromatic heterocycles. The quantitative estimate of drug-likeness (QED) is 0.0339. The molecule has 0 atom stereocenters. The van der Waals surface area contributed by atoms with Crippen LogP contribution in [0.1, 0.15) is 362 Å². The maximum atomic E-state index is 4.95. The molecule has 0 aliphatic heterocycles. The van der Waals surface area contributed by atoms with Gasteiger partial charge in [-0.3, -0.25) is 0 Å². The van der Waals surface area contributed by atoms with Crippen molar-refractivity contribution in [1.29, 1.82) is 0 Å². The molecule has 0 fully saturated rings. The van der Waals surface area contributed by atoms with E-state index in [9.17, 15) is 0 Å². The summed E-state index contributed by atoms with van der Waals surface area (Å²) in [5.41, 5.74) is 0. The van der Waals surface area contributed by atoms with Crippen LogP contribution in [0.25, 0.3) is 0 Å². The van der Waals surface area contributed by atoms with E-state index >= 15 is 0 Å². The van der Waals surface area contributed by atoms with Crippen LogP contribution >= 0.6 is 0 Å². The number of hydrogen-bond acceptors (Lipinski definition) is 3. The summed E-state index contributed by atoms with van der Waals surface area (Å²) in [6, 6.07) is 0. The first-order chi connectivity index (χ1) is 31.7. The van der Waals surface area contributed by atoms with E-state index in [0.29, 0.717) is 0 Å². The molecule has 0 unspecified atom stereocenters. The van der Waals surface area contributed by atoms with Crippen LogP contribution in [0.2, 0.25) is 4.44 Å². The fourth-order valence-electron chi connectivity index (χ4n) is 8.50. The molecule has 0 amide bonds. The van der Waals surface area contributed by atoms with E-state index in [1.807, 2.05) is 0 Å². The molecule has 0 aromatic carbocycles. The summed E-state index contributed by atoms with van der Waals surface area (Å²) in [5, 5.41) is 0. The van der Waals surface area contributed by atoms with Gasteiger partial charge in [0.15, 0.2) is 0 Å². The second-order valence-corrected chi connectivity index (χ2v) is 22.5. The van der Waals surface area contributed by atoms with Gasteiger partial charge in [0.1, 0.15) is 0 Å². The van der Waals surface area contributed by atoms with Crippen LogP contribution in [0.5, 0.6) is 0 Å². The van der Waals surface area contributed by atoms with Crippen LogP contribution in [-0.4, -0.2) is 39.8 Å². The summed E-state index contributed by atoms with van der Waals surface area (Å²) in [7, 11) is 0. The fourth-order valence-corrected chi connectivity index (χ4v) is 9.83. The Labute approximate surface area is 440 Å². The Balaban J connectivity index is -0.000000392. The molecule has 0 nitrogen and oxygen atoms in total. The van der Waals surface area contributed by atoms with Gasteiger partial charge in [-0.1, -0.05) is 329 Å². The van der Waals surface area contributed by atoms with E-state index in [-0.39, 0.29) is 0 Å². The molecule has 0 aliphatic rings. The molecule has 0 N–H and O–H groups in total. The van der Waals surface area contributed by atoms with Crippen molar-refractivity contribution in [1.82, 2.24) is 0 Å². The summed E-state index contributed by atoms with van der Waals surface area (Å²) < 4.78 is 1.45. The van der Waals surface area contributed by atoms with Crippen molar-refractivity contribution in [2.24, 2.45) is 0 Å². The molecule has 0 saturated carbocycles. The molecule has 386 valence electrons. The molecule has 64 heavy (non-hydrogen) atoms. The zero-order valence-electron chi connectivity index (χ0n) is 45.3. The molecule has 0 rings (SSSR count). The average Bonchev–Trinajstić information content (AvgIpc) is 3.31. The van der Waals surface area contributed by atoms with Crippen molar-refractivity contribution in [2.75, 3.05) is 17.3 Å². The third-order valence-corrected chi connectivity index (χ3v) is 14.9. The van der Waals surface area contributed by atoms with E-state index in [1.54, 1.807) is 22.5 Å². The van der Waals surface area contributed by atoms with Crippen LogP contribution in [-0.2, 0) is 37.9 Å². The molecule has 0 aromatic rings. The SMILES string of the molecule is CCCCCCCCCCCCCCCCCC[S-].CCCCCCCCCCCCCCCCCC[S-].CCCCCCCCCCCCCCCCCC[S-].CCCCC[CH2][Sn+3]. The van der Waals surface area contributed by atoms with Crippen molar-refractivity contribution >= 4 is 60.4 Å². The second-order valence-electron chi connectivity index (χ2n) is 19.8. The zero-order valence-corrected chi connectivity index (χ0v) is 50.6. The summed E-state index contributed by atoms with van der Waals surface area (Å²) in [4.78, 5) is 0. The molecule has 0 spiro atoms. The Morgan fingerprint density at radius 3 is 0.391 bits per heavy atom. The number of rotatable bonds is 52. The Hall–Kier alpha value is 1.85. The third kappa shape index (κ3) is 87.0. The van der Waals surface area contributed by atoms with Gasteiger partial charge in [0, 0.05) is 0 Å². The summed E-state index contributed by atoms with van der Waals surface area (Å²) in [6.07, 6.45) is 74.6. The summed E-state index contributed by atoms with van der Waals surface area (Å²) >= 11 is 16.6. The first-order valence-corrected chi connectivity index (χ1v) is 33.8. The predicted octanol–water partition coefficient (Wildman–Crippen LogP) is 22.5. The van der Waals surface area contributed by atoms with Gasteiger partial charge in [-0.15, -0.1) is 0 Å². The molecule has 0 heterocycles. The minimum atomic E-state index is 0.957. The van der Waals surface area contributed by atoms with Crippen molar-refractivity contribution in [2.45, 2.75) is 366 Å². The van der Waals surface area contributed by atoms with Crippen molar-refractivity contribution < 1.29 is 0 Å². The van der Waals surface area contributed by atoms with Gasteiger partial charge in [-0.25, -0.2) is 0 Å². The molecule has 4 heteroatoms. The molecule has 0 bridgehead atoms. The van der Waals surface area contributed by atoms with E-state index < -0.39 is 0 Å². The molecular weight excluding hydrogens is 936 g/mol. The normalized spacial score (nSPS) is 10.9. The number of unbranched alkanes of at least 4 members (excludes halogenated alkanes) is 48. The van der Waals surface area contributed by atoms with E-state index in [0.717, 1.165) is 17.3 Å². The van der Waals surface area contributed by atoms with Crippen molar-refractivity contribution in [3.05, 3.63) is 0 Å². The van der Waals surface area contributed by atoms with E-state index in [2.05, 4.69) is 27.7 Å². The fraction of sp³-hybridized carbons (Fsp3) is 1.00. The second kappa shape index (κ2) is 79.0. The van der Waals surface area contributed by atoms with Gasteiger partial charge in [0.2, 0.25) is 0 Å². The maximum absolute atomic E-state index is 4.95. The van der Waals surface area contributed by atoms with Gasteiger partial charge in [0.05, 0.1) is 0 Å². The van der Waals surface area contributed by atoms with Crippen LogP contribution in [0, 0.1) is 0 Å². The van der Waals surface area contributed by atoms with Crippen molar-refractivity contribution in [3.8, 4) is 0 Å². The van der Waals surface area contributed by atoms with Gasteiger partial charge >= 0.3 is 59.6 Å². The van der Waals surface area contributed by atoms with Gasteiger partial charge in [-0.05, 0) is 0 Å². The first-order valence-electron chi connectivity index (χ1n) is 30.0. The average molecular weight is 1060 g/mol.